The van der Waals surface area contributed by atoms with E-state index in [9.17, 15) is 5.11 Å². The molecule has 2 N–H and O–H groups in total. The second-order valence-corrected chi connectivity index (χ2v) is 4.34. The standard InChI is InChI=1S/C17H15NO3/c1-3-17(19,13-4-8-15(20-2)9-5-13)14-6-10-16(11-7-14)21-12-18/h1,4-12,18-19H,2H3. The Morgan fingerprint density at radius 3 is 1.90 bits per heavy atom. The molecule has 0 bridgehead atoms. The van der Waals surface area contributed by atoms with E-state index in [4.69, 9.17) is 21.3 Å². The van der Waals surface area contributed by atoms with Gasteiger partial charge in [0, 0.05) is 11.1 Å². The van der Waals surface area contributed by atoms with Gasteiger partial charge in [0.25, 0.3) is 0 Å². The Balaban J connectivity index is 2.39. The third-order valence-electron chi connectivity index (χ3n) is 3.18. The van der Waals surface area contributed by atoms with Crippen LogP contribution < -0.4 is 9.47 Å². The van der Waals surface area contributed by atoms with Crippen LogP contribution in [-0.2, 0) is 5.60 Å². The van der Waals surface area contributed by atoms with E-state index in [1.54, 1.807) is 55.6 Å². The van der Waals surface area contributed by atoms with E-state index < -0.39 is 5.60 Å². The molecule has 0 aromatic heterocycles. The first-order valence-corrected chi connectivity index (χ1v) is 6.25. The van der Waals surface area contributed by atoms with Crippen molar-refractivity contribution in [2.45, 2.75) is 5.60 Å². The summed E-state index contributed by atoms with van der Waals surface area (Å²) in [5.74, 6) is 3.62. The lowest BCUT2D eigenvalue weighted by Crippen LogP contribution is -2.24. The Bertz CT molecular complexity index is 656. The van der Waals surface area contributed by atoms with Gasteiger partial charge in [0.05, 0.1) is 7.11 Å². The molecule has 1 unspecified atom stereocenters. The fourth-order valence-corrected chi connectivity index (χ4v) is 2.01. The quantitative estimate of drug-likeness (QED) is 0.503. The summed E-state index contributed by atoms with van der Waals surface area (Å²) in [5, 5.41) is 17.7. The fourth-order valence-electron chi connectivity index (χ4n) is 2.01. The number of rotatable bonds is 5. The summed E-state index contributed by atoms with van der Waals surface area (Å²) < 4.78 is 10.0. The molecule has 0 aliphatic heterocycles. The van der Waals surface area contributed by atoms with Crippen LogP contribution >= 0.6 is 0 Å². The van der Waals surface area contributed by atoms with Crippen LogP contribution in [0.4, 0.5) is 0 Å². The average Bonchev–Trinajstić information content (AvgIpc) is 2.55. The minimum absolute atomic E-state index is 0.503. The molecule has 4 nitrogen and oxygen atoms in total. The van der Waals surface area contributed by atoms with Crippen molar-refractivity contribution in [3.63, 3.8) is 0 Å². The van der Waals surface area contributed by atoms with Crippen molar-refractivity contribution < 1.29 is 14.6 Å². The molecule has 2 rings (SSSR count). The van der Waals surface area contributed by atoms with Gasteiger partial charge in [-0.15, -0.1) is 6.42 Å². The number of ether oxygens (including phenoxy) is 2. The van der Waals surface area contributed by atoms with Gasteiger partial charge in [0.2, 0.25) is 0 Å². The second-order valence-electron chi connectivity index (χ2n) is 4.34. The second kappa shape index (κ2) is 6.12. The van der Waals surface area contributed by atoms with Gasteiger partial charge in [-0.2, -0.15) is 0 Å². The zero-order valence-corrected chi connectivity index (χ0v) is 11.5. The first-order valence-electron chi connectivity index (χ1n) is 6.25. The minimum Gasteiger partial charge on any atom is -0.497 e. The topological polar surface area (TPSA) is 62.5 Å². The molecule has 2 aromatic carbocycles. The minimum atomic E-state index is -1.53. The lowest BCUT2D eigenvalue weighted by molar-refractivity contribution is 0.145. The Morgan fingerprint density at radius 1 is 1.05 bits per heavy atom. The molecule has 0 aliphatic rings. The van der Waals surface area contributed by atoms with E-state index in [0.717, 1.165) is 6.40 Å². The molecule has 1 atom stereocenters. The van der Waals surface area contributed by atoms with Gasteiger partial charge in [-0.3, -0.25) is 5.41 Å². The highest BCUT2D eigenvalue weighted by Crippen LogP contribution is 2.31. The van der Waals surface area contributed by atoms with Crippen molar-refractivity contribution in [2.24, 2.45) is 0 Å². The van der Waals surface area contributed by atoms with Gasteiger partial charge in [-0.1, -0.05) is 30.2 Å². The lowest BCUT2D eigenvalue weighted by atomic mass is 9.87. The highest BCUT2D eigenvalue weighted by atomic mass is 16.5. The summed E-state index contributed by atoms with van der Waals surface area (Å²) in [6.45, 7) is 0. The molecule has 0 amide bonds. The molecule has 0 fully saturated rings. The average molecular weight is 281 g/mol. The van der Waals surface area contributed by atoms with Crippen molar-refractivity contribution >= 4 is 6.40 Å². The van der Waals surface area contributed by atoms with Crippen LogP contribution in [0.3, 0.4) is 0 Å². The summed E-state index contributed by atoms with van der Waals surface area (Å²) in [5.41, 5.74) is -0.408. The van der Waals surface area contributed by atoms with E-state index in [-0.39, 0.29) is 0 Å². The van der Waals surface area contributed by atoms with Crippen LogP contribution in [0.15, 0.2) is 48.5 Å². The Morgan fingerprint density at radius 2 is 1.52 bits per heavy atom. The number of methoxy groups -OCH3 is 1. The van der Waals surface area contributed by atoms with Gasteiger partial charge in [0.1, 0.15) is 11.5 Å². The maximum absolute atomic E-state index is 10.8. The lowest BCUT2D eigenvalue weighted by Gasteiger charge is -2.23. The third kappa shape index (κ3) is 2.88. The zero-order chi connectivity index (χ0) is 15.3. The molecule has 0 heterocycles. The summed E-state index contributed by atoms with van der Waals surface area (Å²) >= 11 is 0. The van der Waals surface area contributed by atoms with E-state index >= 15 is 0 Å². The SMILES string of the molecule is C#CC(O)(c1ccc(OC)cc1)c1ccc(OC=N)cc1. The summed E-state index contributed by atoms with van der Waals surface area (Å²) in [6.07, 6.45) is 6.38. The monoisotopic (exact) mass is 281 g/mol. The molecule has 2 aromatic rings. The molecular formula is C17H15NO3. The van der Waals surface area contributed by atoms with Crippen molar-refractivity contribution in [2.75, 3.05) is 7.11 Å². The van der Waals surface area contributed by atoms with Crippen molar-refractivity contribution in [1.82, 2.24) is 0 Å². The number of nitrogens with one attached hydrogen (secondary N) is 1. The molecule has 0 saturated heterocycles. The highest BCUT2D eigenvalue weighted by molar-refractivity contribution is 5.50. The maximum Gasteiger partial charge on any atom is 0.176 e. The van der Waals surface area contributed by atoms with E-state index in [1.807, 2.05) is 0 Å². The van der Waals surface area contributed by atoms with Gasteiger partial charge >= 0.3 is 0 Å². The fraction of sp³-hybridized carbons (Fsp3) is 0.118. The van der Waals surface area contributed by atoms with Crippen LogP contribution in [0, 0.1) is 17.8 Å². The molecule has 4 heteroatoms. The predicted molar refractivity (Wildman–Crippen MR) is 80.7 cm³/mol. The van der Waals surface area contributed by atoms with Gasteiger partial charge < -0.3 is 14.6 Å². The molecule has 21 heavy (non-hydrogen) atoms. The van der Waals surface area contributed by atoms with Crippen LogP contribution in [0.25, 0.3) is 0 Å². The normalized spacial score (nSPS) is 12.8. The smallest absolute Gasteiger partial charge is 0.176 e. The molecule has 0 spiro atoms. The summed E-state index contributed by atoms with van der Waals surface area (Å²) in [6, 6.07) is 13.6. The molecular weight excluding hydrogens is 266 g/mol. The van der Waals surface area contributed by atoms with Crippen LogP contribution in [0.2, 0.25) is 0 Å². The zero-order valence-electron chi connectivity index (χ0n) is 11.5. The van der Waals surface area contributed by atoms with Crippen LogP contribution in [0.5, 0.6) is 11.5 Å². The van der Waals surface area contributed by atoms with Gasteiger partial charge in [-0.25, -0.2) is 0 Å². The molecule has 0 aliphatic carbocycles. The van der Waals surface area contributed by atoms with Crippen molar-refractivity contribution in [3.05, 3.63) is 59.7 Å². The molecule has 0 saturated carbocycles. The number of benzene rings is 2. The third-order valence-corrected chi connectivity index (χ3v) is 3.18. The molecule has 0 radical (unpaired) electrons. The number of terminal acetylenes is 1. The Hall–Kier alpha value is -2.77. The van der Waals surface area contributed by atoms with Crippen molar-refractivity contribution in [1.29, 1.82) is 5.41 Å². The Kier molecular flexibility index (Phi) is 4.27. The van der Waals surface area contributed by atoms with Gasteiger partial charge in [0.15, 0.2) is 12.0 Å². The summed E-state index contributed by atoms with van der Waals surface area (Å²) in [7, 11) is 1.57. The molecule has 106 valence electrons. The first kappa shape index (κ1) is 14.6. The number of hydrogen-bond donors (Lipinski definition) is 2. The Labute approximate surface area is 123 Å². The van der Waals surface area contributed by atoms with Crippen LogP contribution in [0.1, 0.15) is 11.1 Å². The van der Waals surface area contributed by atoms with Gasteiger partial charge in [-0.05, 0) is 24.3 Å². The van der Waals surface area contributed by atoms with Crippen LogP contribution in [-0.4, -0.2) is 18.6 Å². The summed E-state index contributed by atoms with van der Waals surface area (Å²) in [4.78, 5) is 0. The number of hydrogen-bond acceptors (Lipinski definition) is 4. The largest absolute Gasteiger partial charge is 0.497 e. The predicted octanol–water partition coefficient (Wildman–Crippen LogP) is 2.55. The van der Waals surface area contributed by atoms with E-state index in [1.165, 1.54) is 0 Å². The number of aliphatic hydroxyl groups is 1. The van der Waals surface area contributed by atoms with Crippen molar-refractivity contribution in [3.8, 4) is 23.8 Å². The maximum atomic E-state index is 10.8. The highest BCUT2D eigenvalue weighted by Gasteiger charge is 2.29. The van der Waals surface area contributed by atoms with E-state index in [0.29, 0.717) is 22.6 Å². The first-order chi connectivity index (χ1) is 10.1. The van der Waals surface area contributed by atoms with E-state index in [2.05, 4.69) is 5.92 Å².